The first-order valence-electron chi connectivity index (χ1n) is 6.90. The Morgan fingerprint density at radius 1 is 0.762 bits per heavy atom. The molecule has 7 nitrogen and oxygen atoms in total. The number of rotatable bonds is 10. The fourth-order valence-electron chi connectivity index (χ4n) is 2.42. The van der Waals surface area contributed by atoms with Gasteiger partial charge in [0.2, 0.25) is 11.6 Å². The van der Waals surface area contributed by atoms with Crippen LogP contribution in [0.1, 0.15) is 27.7 Å². The van der Waals surface area contributed by atoms with Crippen LogP contribution in [-0.4, -0.2) is 74.6 Å². The van der Waals surface area contributed by atoms with E-state index in [4.69, 9.17) is 23.7 Å². The van der Waals surface area contributed by atoms with Crippen LogP contribution in [0.2, 0.25) is 0 Å². The molecule has 2 N–H and O–H groups in total. The third-order valence-electron chi connectivity index (χ3n) is 4.04. The van der Waals surface area contributed by atoms with Crippen molar-refractivity contribution in [2.75, 3.05) is 28.4 Å². The molecule has 0 aliphatic heterocycles. The summed E-state index contributed by atoms with van der Waals surface area (Å²) in [5, 5.41) is 20.0. The third-order valence-corrected chi connectivity index (χ3v) is 4.04. The van der Waals surface area contributed by atoms with E-state index in [0.717, 1.165) is 0 Å². The number of hydrogen-bond acceptors (Lipinski definition) is 7. The van der Waals surface area contributed by atoms with Crippen molar-refractivity contribution in [3.8, 4) is 0 Å². The smallest absolute Gasteiger partial charge is 0.220 e. The quantitative estimate of drug-likeness (QED) is 0.569. The Hall–Kier alpha value is -0.280. The molecule has 0 amide bonds. The third kappa shape index (κ3) is 4.13. The lowest BCUT2D eigenvalue weighted by Gasteiger charge is -2.43. The Morgan fingerprint density at radius 3 is 1.52 bits per heavy atom. The van der Waals surface area contributed by atoms with Crippen LogP contribution in [0.3, 0.4) is 0 Å². The average Bonchev–Trinajstić information content (AvgIpc) is 2.47. The van der Waals surface area contributed by atoms with Gasteiger partial charge in [0.05, 0.1) is 0 Å². The van der Waals surface area contributed by atoms with E-state index in [0.29, 0.717) is 0 Å². The van der Waals surface area contributed by atoms with Crippen LogP contribution < -0.4 is 0 Å². The van der Waals surface area contributed by atoms with Gasteiger partial charge in [0.1, 0.15) is 24.4 Å². The number of aliphatic hydroxyl groups excluding tert-OH is 1. The van der Waals surface area contributed by atoms with Crippen molar-refractivity contribution < 1.29 is 33.9 Å². The molecular weight excluding hydrogens is 280 g/mol. The standard InChI is InChI=1S/C14H30O7/c1-9(15)13(16,18-6)10(2)21-12(4)14(19-7,20-8)11(3)17-5/h9-12,15-16H,1-8H3. The van der Waals surface area contributed by atoms with E-state index in [2.05, 4.69) is 0 Å². The summed E-state index contributed by atoms with van der Waals surface area (Å²) in [5.41, 5.74) is 0. The summed E-state index contributed by atoms with van der Waals surface area (Å²) in [6.45, 7) is 6.54. The first-order chi connectivity index (χ1) is 9.66. The number of ether oxygens (including phenoxy) is 5. The van der Waals surface area contributed by atoms with Crippen LogP contribution in [0, 0.1) is 0 Å². The maximum absolute atomic E-state index is 10.3. The number of methoxy groups -OCH3 is 4. The predicted molar refractivity (Wildman–Crippen MR) is 76.9 cm³/mol. The molecule has 0 aliphatic carbocycles. The summed E-state index contributed by atoms with van der Waals surface area (Å²) in [5.74, 6) is -2.99. The fourth-order valence-corrected chi connectivity index (χ4v) is 2.42. The molecular formula is C14H30O7. The van der Waals surface area contributed by atoms with Crippen molar-refractivity contribution in [2.45, 2.75) is 63.7 Å². The van der Waals surface area contributed by atoms with Crippen molar-refractivity contribution in [3.05, 3.63) is 0 Å². The molecule has 7 heteroatoms. The first-order valence-corrected chi connectivity index (χ1v) is 6.90. The molecule has 0 spiro atoms. The lowest BCUT2D eigenvalue weighted by Crippen LogP contribution is -2.59. The van der Waals surface area contributed by atoms with Crippen molar-refractivity contribution >= 4 is 0 Å². The van der Waals surface area contributed by atoms with Crippen LogP contribution >= 0.6 is 0 Å². The Kier molecular flexibility index (Phi) is 8.27. The fraction of sp³-hybridized carbons (Fsp3) is 1.00. The van der Waals surface area contributed by atoms with Gasteiger partial charge in [-0.05, 0) is 27.7 Å². The lowest BCUT2D eigenvalue weighted by molar-refractivity contribution is -0.345. The normalized spacial score (nSPS) is 21.4. The van der Waals surface area contributed by atoms with Gasteiger partial charge in [-0.3, -0.25) is 0 Å². The molecule has 0 rings (SSSR count). The van der Waals surface area contributed by atoms with Crippen LogP contribution in [0.25, 0.3) is 0 Å². The highest BCUT2D eigenvalue weighted by Gasteiger charge is 2.48. The van der Waals surface area contributed by atoms with Gasteiger partial charge < -0.3 is 33.9 Å². The Balaban J connectivity index is 5.19. The summed E-state index contributed by atoms with van der Waals surface area (Å²) in [6.07, 6.45) is -2.98. The predicted octanol–water partition coefficient (Wildman–Crippen LogP) is 0.520. The van der Waals surface area contributed by atoms with Crippen LogP contribution in [-0.2, 0) is 23.7 Å². The molecule has 0 radical (unpaired) electrons. The minimum absolute atomic E-state index is 0.420. The van der Waals surface area contributed by atoms with Crippen LogP contribution in [0.15, 0.2) is 0 Å². The SMILES string of the molecule is COC(C)C(OC)(OC)C(C)OC(C)C(O)(OC)C(C)O. The molecule has 0 aromatic heterocycles. The maximum atomic E-state index is 10.3. The Morgan fingerprint density at radius 2 is 1.24 bits per heavy atom. The minimum atomic E-state index is -1.84. The molecule has 128 valence electrons. The summed E-state index contributed by atoms with van der Waals surface area (Å²) in [6, 6.07) is 0. The topological polar surface area (TPSA) is 86.6 Å². The van der Waals surface area contributed by atoms with Crippen molar-refractivity contribution in [3.63, 3.8) is 0 Å². The molecule has 21 heavy (non-hydrogen) atoms. The number of aliphatic hydroxyl groups is 2. The second-order valence-corrected chi connectivity index (χ2v) is 5.06. The van der Waals surface area contributed by atoms with Gasteiger partial charge in [0.15, 0.2) is 0 Å². The largest absolute Gasteiger partial charge is 0.388 e. The Bertz CT molecular complexity index is 293. The highest BCUT2D eigenvalue weighted by molar-refractivity contribution is 4.87. The molecule has 5 atom stereocenters. The lowest BCUT2D eigenvalue weighted by atomic mass is 10.0. The first kappa shape index (κ1) is 20.7. The van der Waals surface area contributed by atoms with E-state index >= 15 is 0 Å². The van der Waals surface area contributed by atoms with Crippen LogP contribution in [0.5, 0.6) is 0 Å². The van der Waals surface area contributed by atoms with Crippen molar-refractivity contribution in [1.82, 2.24) is 0 Å². The molecule has 0 aromatic carbocycles. The summed E-state index contributed by atoms with van der Waals surface area (Å²) in [4.78, 5) is 0. The molecule has 0 aromatic rings. The van der Waals surface area contributed by atoms with Gasteiger partial charge in [-0.2, -0.15) is 0 Å². The van der Waals surface area contributed by atoms with E-state index in [9.17, 15) is 10.2 Å². The monoisotopic (exact) mass is 310 g/mol. The molecule has 0 saturated heterocycles. The summed E-state index contributed by atoms with van der Waals surface area (Å²) in [7, 11) is 5.81. The zero-order valence-electron chi connectivity index (χ0n) is 14.2. The van der Waals surface area contributed by atoms with Crippen molar-refractivity contribution in [2.24, 2.45) is 0 Å². The van der Waals surface area contributed by atoms with E-state index in [-0.39, 0.29) is 0 Å². The van der Waals surface area contributed by atoms with Crippen molar-refractivity contribution in [1.29, 1.82) is 0 Å². The molecule has 0 saturated carbocycles. The molecule has 5 unspecified atom stereocenters. The van der Waals surface area contributed by atoms with E-state index in [1.807, 2.05) is 0 Å². The average molecular weight is 310 g/mol. The van der Waals surface area contributed by atoms with Gasteiger partial charge in [0, 0.05) is 28.4 Å². The highest BCUT2D eigenvalue weighted by atomic mass is 16.7. The van der Waals surface area contributed by atoms with E-state index in [1.165, 1.54) is 35.4 Å². The molecule has 0 bridgehead atoms. The zero-order valence-corrected chi connectivity index (χ0v) is 14.2. The summed E-state index contributed by atoms with van der Waals surface area (Å²) >= 11 is 0. The van der Waals surface area contributed by atoms with E-state index in [1.54, 1.807) is 20.8 Å². The van der Waals surface area contributed by atoms with Gasteiger partial charge in [0.25, 0.3) is 0 Å². The van der Waals surface area contributed by atoms with E-state index < -0.39 is 36.0 Å². The van der Waals surface area contributed by atoms with Gasteiger partial charge in [-0.25, -0.2) is 0 Å². The Labute approximate surface area is 127 Å². The second-order valence-electron chi connectivity index (χ2n) is 5.06. The van der Waals surface area contributed by atoms with Gasteiger partial charge in [-0.1, -0.05) is 0 Å². The second kappa shape index (κ2) is 8.38. The maximum Gasteiger partial charge on any atom is 0.220 e. The molecule has 0 aliphatic rings. The summed E-state index contributed by atoms with van der Waals surface area (Å²) < 4.78 is 27.0. The number of hydrogen-bond donors (Lipinski definition) is 2. The van der Waals surface area contributed by atoms with Gasteiger partial charge in [-0.15, -0.1) is 0 Å². The van der Waals surface area contributed by atoms with Crippen LogP contribution in [0.4, 0.5) is 0 Å². The zero-order chi connectivity index (χ0) is 16.8. The minimum Gasteiger partial charge on any atom is -0.388 e. The molecule has 0 heterocycles. The van der Waals surface area contributed by atoms with Gasteiger partial charge >= 0.3 is 0 Å². The molecule has 0 fully saturated rings. The highest BCUT2D eigenvalue weighted by Crippen LogP contribution is 2.29.